The summed E-state index contributed by atoms with van der Waals surface area (Å²) in [6.45, 7) is 0.892. The van der Waals surface area contributed by atoms with Crippen LogP contribution in [0, 0.1) is 22.9 Å². The van der Waals surface area contributed by atoms with Crippen molar-refractivity contribution in [2.75, 3.05) is 6.61 Å². The number of hydrogen-bond acceptors (Lipinski definition) is 5. The van der Waals surface area contributed by atoms with Crippen molar-refractivity contribution in [3.05, 3.63) is 75.1 Å². The second-order valence-corrected chi connectivity index (χ2v) is 4.71. The van der Waals surface area contributed by atoms with Gasteiger partial charge in [-0.25, -0.2) is 9.18 Å². The number of ketones is 1. The van der Waals surface area contributed by atoms with Crippen molar-refractivity contribution in [1.29, 1.82) is 0 Å². The van der Waals surface area contributed by atoms with Gasteiger partial charge in [-0.2, -0.15) is 0 Å². The molecule has 0 heterocycles. The fourth-order valence-electron chi connectivity index (χ4n) is 1.97. The summed E-state index contributed by atoms with van der Waals surface area (Å²) in [5, 5.41) is 10.8. The van der Waals surface area contributed by atoms with Gasteiger partial charge in [0.15, 0.2) is 12.4 Å². The molecule has 0 fully saturated rings. The van der Waals surface area contributed by atoms with E-state index in [-0.39, 0.29) is 22.4 Å². The summed E-state index contributed by atoms with van der Waals surface area (Å²) in [7, 11) is 0. The number of nitro benzene ring substituents is 1. The number of nitro groups is 1. The zero-order chi connectivity index (χ0) is 17.0. The van der Waals surface area contributed by atoms with Gasteiger partial charge in [0.25, 0.3) is 5.69 Å². The highest BCUT2D eigenvalue weighted by Crippen LogP contribution is 2.21. The first-order valence-electron chi connectivity index (χ1n) is 6.60. The average Bonchev–Trinajstić information content (AvgIpc) is 2.53. The SMILES string of the molecule is Cc1c(C(=O)OCC(=O)c2ccc(F)cc2)cccc1[N+](=O)[O-]. The first-order valence-corrected chi connectivity index (χ1v) is 6.60. The van der Waals surface area contributed by atoms with Gasteiger partial charge < -0.3 is 4.74 Å². The summed E-state index contributed by atoms with van der Waals surface area (Å²) >= 11 is 0. The van der Waals surface area contributed by atoms with Gasteiger partial charge in [0, 0.05) is 17.2 Å². The molecule has 0 aromatic heterocycles. The number of hydrogen-bond donors (Lipinski definition) is 0. The predicted octanol–water partition coefficient (Wildman–Crippen LogP) is 3.08. The van der Waals surface area contributed by atoms with Crippen LogP contribution < -0.4 is 0 Å². The van der Waals surface area contributed by atoms with Crippen molar-refractivity contribution >= 4 is 17.4 Å². The molecule has 0 spiro atoms. The molecule has 0 saturated heterocycles. The van der Waals surface area contributed by atoms with Gasteiger partial charge in [-0.1, -0.05) is 6.07 Å². The zero-order valence-corrected chi connectivity index (χ0v) is 12.1. The molecule has 0 amide bonds. The van der Waals surface area contributed by atoms with Crippen molar-refractivity contribution in [3.63, 3.8) is 0 Å². The Morgan fingerprint density at radius 1 is 1.17 bits per heavy atom. The molecule has 0 radical (unpaired) electrons. The number of carbonyl (C=O) groups excluding carboxylic acids is 2. The number of benzene rings is 2. The van der Waals surface area contributed by atoms with Crippen LogP contribution in [0.2, 0.25) is 0 Å². The molecule has 0 aliphatic rings. The van der Waals surface area contributed by atoms with Gasteiger partial charge in [0.2, 0.25) is 0 Å². The molecule has 0 unspecified atom stereocenters. The van der Waals surface area contributed by atoms with E-state index in [1.54, 1.807) is 0 Å². The Morgan fingerprint density at radius 3 is 2.43 bits per heavy atom. The summed E-state index contributed by atoms with van der Waals surface area (Å²) in [5.41, 5.74) is 0.183. The van der Waals surface area contributed by atoms with Crippen LogP contribution in [-0.2, 0) is 4.74 Å². The molecule has 2 rings (SSSR count). The van der Waals surface area contributed by atoms with Gasteiger partial charge in [0.05, 0.1) is 10.5 Å². The fraction of sp³-hybridized carbons (Fsp3) is 0.125. The summed E-state index contributed by atoms with van der Waals surface area (Å²) < 4.78 is 17.7. The Hall–Kier alpha value is -3.09. The minimum Gasteiger partial charge on any atom is -0.454 e. The van der Waals surface area contributed by atoms with Crippen LogP contribution in [0.5, 0.6) is 0 Å². The van der Waals surface area contributed by atoms with Crippen molar-refractivity contribution < 1.29 is 23.6 Å². The molecular weight excluding hydrogens is 305 g/mol. The average molecular weight is 317 g/mol. The third-order valence-electron chi connectivity index (χ3n) is 3.22. The van der Waals surface area contributed by atoms with Crippen LogP contribution in [0.25, 0.3) is 0 Å². The molecule has 0 atom stereocenters. The van der Waals surface area contributed by atoms with Crippen molar-refractivity contribution in [2.24, 2.45) is 0 Å². The van der Waals surface area contributed by atoms with E-state index in [1.165, 1.54) is 37.3 Å². The smallest absolute Gasteiger partial charge is 0.339 e. The van der Waals surface area contributed by atoms with Crippen LogP contribution in [0.3, 0.4) is 0 Å². The Labute approximate surface area is 130 Å². The molecule has 0 aliphatic heterocycles. The largest absolute Gasteiger partial charge is 0.454 e. The van der Waals surface area contributed by atoms with Crippen LogP contribution in [-0.4, -0.2) is 23.3 Å². The Kier molecular flexibility index (Phi) is 4.80. The lowest BCUT2D eigenvalue weighted by Crippen LogP contribution is -2.15. The van der Waals surface area contributed by atoms with E-state index in [2.05, 4.69) is 0 Å². The zero-order valence-electron chi connectivity index (χ0n) is 12.1. The lowest BCUT2D eigenvalue weighted by Gasteiger charge is -2.07. The topological polar surface area (TPSA) is 86.5 Å². The lowest BCUT2D eigenvalue weighted by atomic mass is 10.1. The second-order valence-electron chi connectivity index (χ2n) is 4.71. The maximum absolute atomic E-state index is 12.8. The second kappa shape index (κ2) is 6.78. The Bertz CT molecular complexity index is 771. The van der Waals surface area contributed by atoms with E-state index < -0.39 is 29.1 Å². The quantitative estimate of drug-likeness (QED) is 0.366. The predicted molar refractivity (Wildman–Crippen MR) is 78.8 cm³/mol. The highest BCUT2D eigenvalue weighted by atomic mass is 19.1. The summed E-state index contributed by atoms with van der Waals surface area (Å²) in [6.07, 6.45) is 0. The highest BCUT2D eigenvalue weighted by Gasteiger charge is 2.19. The van der Waals surface area contributed by atoms with Gasteiger partial charge in [0.1, 0.15) is 5.82 Å². The molecule has 23 heavy (non-hydrogen) atoms. The van der Waals surface area contributed by atoms with Crippen molar-refractivity contribution in [3.8, 4) is 0 Å². The van der Waals surface area contributed by atoms with Crippen molar-refractivity contribution in [1.82, 2.24) is 0 Å². The number of ether oxygens (including phenoxy) is 1. The fourth-order valence-corrected chi connectivity index (χ4v) is 1.97. The normalized spacial score (nSPS) is 10.2. The van der Waals surface area contributed by atoms with Crippen LogP contribution in [0.4, 0.5) is 10.1 Å². The van der Waals surface area contributed by atoms with E-state index in [9.17, 15) is 24.1 Å². The number of halogens is 1. The molecule has 0 aliphatic carbocycles. The van der Waals surface area contributed by atoms with E-state index in [1.807, 2.05) is 0 Å². The van der Waals surface area contributed by atoms with E-state index >= 15 is 0 Å². The standard InChI is InChI=1S/C16H12FNO5/c1-10-13(3-2-4-14(10)18(21)22)16(20)23-9-15(19)11-5-7-12(17)8-6-11/h2-8H,9H2,1H3. The molecule has 2 aromatic rings. The Balaban J connectivity index is 2.08. The van der Waals surface area contributed by atoms with Gasteiger partial charge in [-0.05, 0) is 37.3 Å². The van der Waals surface area contributed by atoms with Gasteiger partial charge >= 0.3 is 5.97 Å². The number of esters is 1. The third kappa shape index (κ3) is 3.76. The first-order chi connectivity index (χ1) is 10.9. The lowest BCUT2D eigenvalue weighted by molar-refractivity contribution is -0.385. The summed E-state index contributed by atoms with van der Waals surface area (Å²) in [4.78, 5) is 34.1. The molecule has 0 N–H and O–H groups in total. The van der Waals surface area contributed by atoms with Gasteiger partial charge in [-0.3, -0.25) is 14.9 Å². The highest BCUT2D eigenvalue weighted by molar-refractivity contribution is 5.99. The summed E-state index contributed by atoms with van der Waals surface area (Å²) in [6, 6.07) is 8.83. The number of carbonyl (C=O) groups is 2. The first kappa shape index (κ1) is 16.3. The molecular formula is C16H12FNO5. The van der Waals surface area contributed by atoms with Crippen LogP contribution in [0.1, 0.15) is 26.3 Å². The minimum absolute atomic E-state index is 0.0195. The van der Waals surface area contributed by atoms with Crippen LogP contribution >= 0.6 is 0 Å². The summed E-state index contributed by atoms with van der Waals surface area (Å²) in [5.74, 6) is -1.81. The Morgan fingerprint density at radius 2 is 1.83 bits per heavy atom. The maximum atomic E-state index is 12.8. The molecule has 7 heteroatoms. The van der Waals surface area contributed by atoms with Crippen molar-refractivity contribution in [2.45, 2.75) is 6.92 Å². The van der Waals surface area contributed by atoms with Crippen LogP contribution in [0.15, 0.2) is 42.5 Å². The van der Waals surface area contributed by atoms with E-state index in [4.69, 9.17) is 4.74 Å². The number of nitrogens with zero attached hydrogens (tertiary/aromatic N) is 1. The number of Topliss-reactive ketones (excluding diaryl/α,β-unsaturated/α-hetero) is 1. The van der Waals surface area contributed by atoms with E-state index in [0.29, 0.717) is 0 Å². The molecule has 6 nitrogen and oxygen atoms in total. The molecule has 0 saturated carbocycles. The monoisotopic (exact) mass is 317 g/mol. The molecule has 118 valence electrons. The number of rotatable bonds is 5. The van der Waals surface area contributed by atoms with E-state index in [0.717, 1.165) is 12.1 Å². The third-order valence-corrected chi connectivity index (χ3v) is 3.22. The van der Waals surface area contributed by atoms with Gasteiger partial charge in [-0.15, -0.1) is 0 Å². The minimum atomic E-state index is -0.832. The molecule has 2 aromatic carbocycles. The maximum Gasteiger partial charge on any atom is 0.339 e. The molecule has 0 bridgehead atoms.